The minimum atomic E-state index is 0.943. The lowest BCUT2D eigenvalue weighted by Crippen LogP contribution is -1.96. The average molecular weight is 276 g/mol. The molecule has 0 aliphatic heterocycles. The number of nitrogens with one attached hydrogen (secondary N) is 1. The minimum absolute atomic E-state index is 0.943. The van der Waals surface area contributed by atoms with Crippen LogP contribution in [0.15, 0.2) is 53.0 Å². The van der Waals surface area contributed by atoms with Crippen molar-refractivity contribution in [1.82, 2.24) is 0 Å². The van der Waals surface area contributed by atoms with Crippen LogP contribution in [0.2, 0.25) is 0 Å². The normalized spacial score (nSPS) is 10.1. The third kappa shape index (κ3) is 2.45. The monoisotopic (exact) mass is 275 g/mol. The van der Waals surface area contributed by atoms with Crippen molar-refractivity contribution in [2.24, 2.45) is 0 Å². The van der Waals surface area contributed by atoms with Gasteiger partial charge in [0.15, 0.2) is 0 Å². The molecular weight excluding hydrogens is 262 g/mol. The zero-order valence-corrected chi connectivity index (χ0v) is 10.8. The fourth-order valence-electron chi connectivity index (χ4n) is 1.77. The standard InChI is InChI=1S/C14H14BrN/c1-16-14-9-5-3-7-12(14)10-11-6-2-4-8-13(11)15/h2-9,16H,10H2,1H3. The van der Waals surface area contributed by atoms with Gasteiger partial charge in [0, 0.05) is 23.6 Å². The Kier molecular flexibility index (Phi) is 3.62. The van der Waals surface area contributed by atoms with Crippen molar-refractivity contribution < 1.29 is 0 Å². The fourth-order valence-corrected chi connectivity index (χ4v) is 2.19. The summed E-state index contributed by atoms with van der Waals surface area (Å²) in [4.78, 5) is 0. The molecule has 0 spiro atoms. The number of anilines is 1. The highest BCUT2D eigenvalue weighted by Gasteiger charge is 2.03. The number of para-hydroxylation sites is 1. The Morgan fingerprint density at radius 3 is 2.25 bits per heavy atom. The highest BCUT2D eigenvalue weighted by molar-refractivity contribution is 9.10. The molecule has 16 heavy (non-hydrogen) atoms. The van der Waals surface area contributed by atoms with Crippen LogP contribution in [-0.2, 0) is 6.42 Å². The van der Waals surface area contributed by atoms with Gasteiger partial charge in [-0.25, -0.2) is 0 Å². The molecule has 2 rings (SSSR count). The zero-order valence-electron chi connectivity index (χ0n) is 9.20. The summed E-state index contributed by atoms with van der Waals surface area (Å²) in [6.07, 6.45) is 0.943. The maximum absolute atomic E-state index is 3.58. The molecule has 1 N–H and O–H groups in total. The molecule has 2 heteroatoms. The van der Waals surface area contributed by atoms with Crippen LogP contribution in [0.25, 0.3) is 0 Å². The molecule has 0 heterocycles. The lowest BCUT2D eigenvalue weighted by atomic mass is 10.0. The average Bonchev–Trinajstić information content (AvgIpc) is 2.33. The molecule has 2 aromatic rings. The van der Waals surface area contributed by atoms with Crippen molar-refractivity contribution in [2.45, 2.75) is 6.42 Å². The van der Waals surface area contributed by atoms with Crippen molar-refractivity contribution >= 4 is 21.6 Å². The smallest absolute Gasteiger partial charge is 0.0373 e. The van der Waals surface area contributed by atoms with Gasteiger partial charge in [-0.3, -0.25) is 0 Å². The van der Waals surface area contributed by atoms with Crippen molar-refractivity contribution in [3.05, 3.63) is 64.1 Å². The summed E-state index contributed by atoms with van der Waals surface area (Å²) >= 11 is 3.58. The molecule has 0 radical (unpaired) electrons. The van der Waals surface area contributed by atoms with E-state index in [0.717, 1.165) is 6.42 Å². The Bertz CT molecular complexity index is 480. The van der Waals surface area contributed by atoms with Crippen molar-refractivity contribution in [1.29, 1.82) is 0 Å². The van der Waals surface area contributed by atoms with Gasteiger partial charge < -0.3 is 5.32 Å². The van der Waals surface area contributed by atoms with Crippen LogP contribution in [-0.4, -0.2) is 7.05 Å². The van der Waals surface area contributed by atoms with E-state index in [2.05, 4.69) is 63.7 Å². The number of benzene rings is 2. The summed E-state index contributed by atoms with van der Waals surface area (Å²) in [6, 6.07) is 16.7. The number of hydrogen-bond donors (Lipinski definition) is 1. The third-order valence-electron chi connectivity index (χ3n) is 2.63. The molecule has 0 unspecified atom stereocenters. The Balaban J connectivity index is 2.30. The lowest BCUT2D eigenvalue weighted by molar-refractivity contribution is 1.17. The Morgan fingerprint density at radius 1 is 0.938 bits per heavy atom. The first kappa shape index (κ1) is 11.2. The Labute approximate surface area is 105 Å². The molecule has 0 saturated carbocycles. The first-order valence-electron chi connectivity index (χ1n) is 5.30. The van der Waals surface area contributed by atoms with Gasteiger partial charge >= 0.3 is 0 Å². The van der Waals surface area contributed by atoms with Gasteiger partial charge in [-0.15, -0.1) is 0 Å². The predicted molar refractivity (Wildman–Crippen MR) is 72.9 cm³/mol. The van der Waals surface area contributed by atoms with Crippen LogP contribution in [0, 0.1) is 0 Å². The largest absolute Gasteiger partial charge is 0.388 e. The van der Waals surface area contributed by atoms with Gasteiger partial charge in [-0.05, 0) is 23.3 Å². The van der Waals surface area contributed by atoms with Crippen LogP contribution in [0.4, 0.5) is 5.69 Å². The zero-order chi connectivity index (χ0) is 11.4. The Hall–Kier alpha value is -1.28. The van der Waals surface area contributed by atoms with E-state index in [4.69, 9.17) is 0 Å². The van der Waals surface area contributed by atoms with E-state index in [9.17, 15) is 0 Å². The summed E-state index contributed by atoms with van der Waals surface area (Å²) in [5.41, 5.74) is 3.82. The van der Waals surface area contributed by atoms with Gasteiger partial charge in [-0.2, -0.15) is 0 Å². The van der Waals surface area contributed by atoms with Crippen molar-refractivity contribution in [3.63, 3.8) is 0 Å². The van der Waals surface area contributed by atoms with Gasteiger partial charge in [0.25, 0.3) is 0 Å². The molecule has 0 amide bonds. The van der Waals surface area contributed by atoms with Gasteiger partial charge in [0.05, 0.1) is 0 Å². The van der Waals surface area contributed by atoms with E-state index in [1.54, 1.807) is 0 Å². The van der Waals surface area contributed by atoms with E-state index < -0.39 is 0 Å². The first-order chi connectivity index (χ1) is 7.81. The van der Waals surface area contributed by atoms with Gasteiger partial charge in [0.2, 0.25) is 0 Å². The lowest BCUT2D eigenvalue weighted by Gasteiger charge is -2.09. The second-order valence-electron chi connectivity index (χ2n) is 3.68. The maximum Gasteiger partial charge on any atom is 0.0373 e. The molecule has 0 bridgehead atoms. The summed E-state index contributed by atoms with van der Waals surface area (Å²) in [7, 11) is 1.96. The molecular formula is C14H14BrN. The number of hydrogen-bond acceptors (Lipinski definition) is 1. The topological polar surface area (TPSA) is 12.0 Å². The minimum Gasteiger partial charge on any atom is -0.388 e. The van der Waals surface area contributed by atoms with Crippen LogP contribution in [0.5, 0.6) is 0 Å². The highest BCUT2D eigenvalue weighted by Crippen LogP contribution is 2.23. The summed E-state index contributed by atoms with van der Waals surface area (Å²) in [6.45, 7) is 0. The number of rotatable bonds is 3. The molecule has 2 aromatic carbocycles. The van der Waals surface area contributed by atoms with Crippen molar-refractivity contribution in [2.75, 3.05) is 12.4 Å². The van der Waals surface area contributed by atoms with Crippen LogP contribution in [0.1, 0.15) is 11.1 Å². The van der Waals surface area contributed by atoms with E-state index in [0.29, 0.717) is 0 Å². The van der Waals surface area contributed by atoms with Crippen LogP contribution < -0.4 is 5.32 Å². The first-order valence-corrected chi connectivity index (χ1v) is 6.09. The van der Waals surface area contributed by atoms with Gasteiger partial charge in [0.1, 0.15) is 0 Å². The molecule has 0 aromatic heterocycles. The Morgan fingerprint density at radius 2 is 1.56 bits per heavy atom. The molecule has 82 valence electrons. The highest BCUT2D eigenvalue weighted by atomic mass is 79.9. The summed E-state index contributed by atoms with van der Waals surface area (Å²) < 4.78 is 1.17. The van der Waals surface area contributed by atoms with E-state index in [1.807, 2.05) is 13.1 Å². The predicted octanol–water partition coefficient (Wildman–Crippen LogP) is 4.08. The summed E-state index contributed by atoms with van der Waals surface area (Å²) in [5, 5.41) is 3.22. The quantitative estimate of drug-likeness (QED) is 0.890. The van der Waals surface area contributed by atoms with Crippen molar-refractivity contribution in [3.8, 4) is 0 Å². The van der Waals surface area contributed by atoms with E-state index >= 15 is 0 Å². The molecule has 0 aliphatic carbocycles. The molecule has 1 nitrogen and oxygen atoms in total. The van der Waals surface area contributed by atoms with Gasteiger partial charge in [-0.1, -0.05) is 52.3 Å². The summed E-state index contributed by atoms with van der Waals surface area (Å²) in [5.74, 6) is 0. The maximum atomic E-state index is 3.58. The van der Waals surface area contributed by atoms with Crippen LogP contribution >= 0.6 is 15.9 Å². The second-order valence-corrected chi connectivity index (χ2v) is 4.53. The molecule has 0 saturated heterocycles. The number of halogens is 1. The molecule has 0 fully saturated rings. The van der Waals surface area contributed by atoms with E-state index in [-0.39, 0.29) is 0 Å². The SMILES string of the molecule is CNc1ccccc1Cc1ccccc1Br. The fraction of sp³-hybridized carbons (Fsp3) is 0.143. The molecule has 0 aliphatic rings. The van der Waals surface area contributed by atoms with Crippen LogP contribution in [0.3, 0.4) is 0 Å². The second kappa shape index (κ2) is 5.17. The third-order valence-corrected chi connectivity index (χ3v) is 3.40. The molecule has 0 atom stereocenters. The van der Waals surface area contributed by atoms with E-state index in [1.165, 1.54) is 21.3 Å².